The SMILES string of the molecule is COc1ccc(Br)c(COCCOCC(C)C)c1. The zero-order chi connectivity index (χ0) is 13.4. The summed E-state index contributed by atoms with van der Waals surface area (Å²) in [5, 5.41) is 0. The van der Waals surface area contributed by atoms with Crippen molar-refractivity contribution in [2.24, 2.45) is 5.92 Å². The predicted molar refractivity (Wildman–Crippen MR) is 76.0 cm³/mol. The van der Waals surface area contributed by atoms with Gasteiger partial charge in [-0.1, -0.05) is 29.8 Å². The summed E-state index contributed by atoms with van der Waals surface area (Å²) in [4.78, 5) is 0. The van der Waals surface area contributed by atoms with Gasteiger partial charge in [0.05, 0.1) is 26.9 Å². The zero-order valence-electron chi connectivity index (χ0n) is 11.2. The quantitative estimate of drug-likeness (QED) is 0.685. The third-order valence-electron chi connectivity index (χ3n) is 2.33. The second-order valence-electron chi connectivity index (χ2n) is 4.48. The molecule has 0 heterocycles. The van der Waals surface area contributed by atoms with Crippen molar-refractivity contribution in [3.05, 3.63) is 28.2 Å². The maximum Gasteiger partial charge on any atom is 0.119 e. The van der Waals surface area contributed by atoms with Crippen LogP contribution < -0.4 is 4.74 Å². The van der Waals surface area contributed by atoms with E-state index in [1.165, 1.54) is 0 Å². The molecule has 0 bridgehead atoms. The van der Waals surface area contributed by atoms with Gasteiger partial charge in [0.2, 0.25) is 0 Å². The van der Waals surface area contributed by atoms with Crippen LogP contribution in [0.3, 0.4) is 0 Å². The van der Waals surface area contributed by atoms with Crippen LogP contribution in [0.4, 0.5) is 0 Å². The van der Waals surface area contributed by atoms with Crippen LogP contribution in [0.15, 0.2) is 22.7 Å². The number of hydrogen-bond donors (Lipinski definition) is 0. The molecule has 0 atom stereocenters. The van der Waals surface area contributed by atoms with Crippen molar-refractivity contribution >= 4 is 15.9 Å². The highest BCUT2D eigenvalue weighted by atomic mass is 79.9. The minimum absolute atomic E-state index is 0.558. The van der Waals surface area contributed by atoms with Gasteiger partial charge in [-0.15, -0.1) is 0 Å². The molecule has 0 aliphatic carbocycles. The average molecular weight is 317 g/mol. The summed E-state index contributed by atoms with van der Waals surface area (Å²) in [6.07, 6.45) is 0. The van der Waals surface area contributed by atoms with Gasteiger partial charge in [-0.25, -0.2) is 0 Å². The highest BCUT2D eigenvalue weighted by molar-refractivity contribution is 9.10. The summed E-state index contributed by atoms with van der Waals surface area (Å²) in [5.41, 5.74) is 1.08. The van der Waals surface area contributed by atoms with Crippen LogP contribution in [0, 0.1) is 5.92 Å². The second-order valence-corrected chi connectivity index (χ2v) is 5.33. The van der Waals surface area contributed by atoms with Crippen molar-refractivity contribution in [3.63, 3.8) is 0 Å². The number of methoxy groups -OCH3 is 1. The smallest absolute Gasteiger partial charge is 0.119 e. The summed E-state index contributed by atoms with van der Waals surface area (Å²) >= 11 is 3.49. The molecule has 4 heteroatoms. The lowest BCUT2D eigenvalue weighted by Crippen LogP contribution is -2.08. The fourth-order valence-corrected chi connectivity index (χ4v) is 1.77. The summed E-state index contributed by atoms with van der Waals surface area (Å²) in [6, 6.07) is 5.85. The van der Waals surface area contributed by atoms with E-state index in [1.807, 2.05) is 18.2 Å². The second kappa shape index (κ2) is 8.51. The first-order valence-corrected chi connectivity index (χ1v) is 6.90. The largest absolute Gasteiger partial charge is 0.497 e. The topological polar surface area (TPSA) is 27.7 Å². The van der Waals surface area contributed by atoms with Crippen LogP contribution in [0.25, 0.3) is 0 Å². The maximum atomic E-state index is 5.57. The molecule has 18 heavy (non-hydrogen) atoms. The molecular formula is C14H21BrO3. The molecule has 0 N–H and O–H groups in total. The fourth-order valence-electron chi connectivity index (χ4n) is 1.41. The highest BCUT2D eigenvalue weighted by Crippen LogP contribution is 2.22. The number of benzene rings is 1. The Hall–Kier alpha value is -0.580. The Morgan fingerprint density at radius 2 is 1.89 bits per heavy atom. The van der Waals surface area contributed by atoms with E-state index in [4.69, 9.17) is 14.2 Å². The first-order valence-electron chi connectivity index (χ1n) is 6.11. The Labute approximate surface area is 118 Å². The minimum atomic E-state index is 0.558. The normalized spacial score (nSPS) is 10.9. The van der Waals surface area contributed by atoms with E-state index in [2.05, 4.69) is 29.8 Å². The Kier molecular flexibility index (Phi) is 7.32. The lowest BCUT2D eigenvalue weighted by atomic mass is 10.2. The number of ether oxygens (including phenoxy) is 3. The van der Waals surface area contributed by atoms with E-state index < -0.39 is 0 Å². The van der Waals surface area contributed by atoms with E-state index >= 15 is 0 Å². The van der Waals surface area contributed by atoms with E-state index in [9.17, 15) is 0 Å². The van der Waals surface area contributed by atoms with Crippen LogP contribution in [0.1, 0.15) is 19.4 Å². The van der Waals surface area contributed by atoms with Crippen molar-refractivity contribution in [1.29, 1.82) is 0 Å². The molecular weight excluding hydrogens is 296 g/mol. The lowest BCUT2D eigenvalue weighted by molar-refractivity contribution is 0.0312. The average Bonchev–Trinajstić information content (AvgIpc) is 2.35. The van der Waals surface area contributed by atoms with Crippen molar-refractivity contribution in [2.45, 2.75) is 20.5 Å². The zero-order valence-corrected chi connectivity index (χ0v) is 12.8. The number of hydrogen-bond acceptors (Lipinski definition) is 3. The van der Waals surface area contributed by atoms with Crippen LogP contribution in [0.5, 0.6) is 5.75 Å². The van der Waals surface area contributed by atoms with Gasteiger partial charge in [-0.2, -0.15) is 0 Å². The van der Waals surface area contributed by atoms with Crippen molar-refractivity contribution in [2.75, 3.05) is 26.9 Å². The molecule has 0 radical (unpaired) electrons. The third-order valence-corrected chi connectivity index (χ3v) is 3.11. The van der Waals surface area contributed by atoms with Gasteiger partial charge in [0.1, 0.15) is 5.75 Å². The Morgan fingerprint density at radius 3 is 2.56 bits per heavy atom. The monoisotopic (exact) mass is 316 g/mol. The molecule has 0 saturated heterocycles. The molecule has 0 saturated carbocycles. The molecule has 3 nitrogen and oxygen atoms in total. The van der Waals surface area contributed by atoms with Gasteiger partial charge in [0, 0.05) is 11.1 Å². The first kappa shape index (κ1) is 15.5. The van der Waals surface area contributed by atoms with Crippen LogP contribution in [0.2, 0.25) is 0 Å². The molecule has 0 aromatic heterocycles. The summed E-state index contributed by atoms with van der Waals surface area (Å²) in [6.45, 7) is 6.85. The van der Waals surface area contributed by atoms with E-state index in [-0.39, 0.29) is 0 Å². The minimum Gasteiger partial charge on any atom is -0.497 e. The lowest BCUT2D eigenvalue weighted by Gasteiger charge is -2.09. The van der Waals surface area contributed by atoms with E-state index in [0.29, 0.717) is 25.7 Å². The summed E-state index contributed by atoms with van der Waals surface area (Å²) < 4.78 is 17.2. The standard InChI is InChI=1S/C14H21BrO3/c1-11(2)9-17-6-7-18-10-12-8-13(16-3)4-5-14(12)15/h4-5,8,11H,6-7,9-10H2,1-3H3. The molecule has 0 unspecified atom stereocenters. The van der Waals surface area contributed by atoms with Crippen molar-refractivity contribution in [1.82, 2.24) is 0 Å². The van der Waals surface area contributed by atoms with Crippen molar-refractivity contribution < 1.29 is 14.2 Å². The fraction of sp³-hybridized carbons (Fsp3) is 0.571. The summed E-state index contributed by atoms with van der Waals surface area (Å²) in [5.74, 6) is 1.41. The Balaban J connectivity index is 2.26. The van der Waals surface area contributed by atoms with Crippen molar-refractivity contribution in [3.8, 4) is 5.75 Å². The highest BCUT2D eigenvalue weighted by Gasteiger charge is 2.02. The van der Waals surface area contributed by atoms with E-state index in [0.717, 1.165) is 22.4 Å². The molecule has 0 spiro atoms. The first-order chi connectivity index (χ1) is 8.63. The van der Waals surface area contributed by atoms with Gasteiger partial charge in [0.25, 0.3) is 0 Å². The Bertz CT molecular complexity index is 353. The molecule has 1 aromatic rings. The van der Waals surface area contributed by atoms with E-state index in [1.54, 1.807) is 7.11 Å². The maximum absolute atomic E-state index is 5.57. The molecule has 0 aliphatic heterocycles. The molecule has 0 aliphatic rings. The number of halogens is 1. The van der Waals surface area contributed by atoms with Gasteiger partial charge in [0.15, 0.2) is 0 Å². The predicted octanol–water partition coefficient (Wildman–Crippen LogP) is 3.65. The number of rotatable bonds is 8. The third kappa shape index (κ3) is 5.85. The van der Waals surface area contributed by atoms with Gasteiger partial charge in [-0.05, 0) is 29.7 Å². The van der Waals surface area contributed by atoms with Gasteiger partial charge in [-0.3, -0.25) is 0 Å². The molecule has 0 fully saturated rings. The van der Waals surface area contributed by atoms with Gasteiger partial charge < -0.3 is 14.2 Å². The molecule has 102 valence electrons. The van der Waals surface area contributed by atoms with Gasteiger partial charge >= 0.3 is 0 Å². The van der Waals surface area contributed by atoms with Crippen LogP contribution >= 0.6 is 15.9 Å². The molecule has 0 amide bonds. The summed E-state index contributed by atoms with van der Waals surface area (Å²) in [7, 11) is 1.66. The molecule has 1 rings (SSSR count). The van der Waals surface area contributed by atoms with Crippen LogP contribution in [-0.4, -0.2) is 26.9 Å². The Morgan fingerprint density at radius 1 is 1.17 bits per heavy atom. The molecule has 1 aromatic carbocycles. The van der Waals surface area contributed by atoms with Crippen LogP contribution in [-0.2, 0) is 16.1 Å².